The second-order valence-electron chi connectivity index (χ2n) is 15.5. The molecule has 12 aromatic rings. The van der Waals surface area contributed by atoms with Gasteiger partial charge in [0.1, 0.15) is 5.52 Å². The molecule has 0 radical (unpaired) electrons. The average Bonchev–Trinajstić information content (AvgIpc) is 3.93. The lowest BCUT2D eigenvalue weighted by atomic mass is 9.97. The Morgan fingerprint density at radius 2 is 0.984 bits per heavy atom. The van der Waals surface area contributed by atoms with Crippen LogP contribution in [0.1, 0.15) is 0 Å². The van der Waals surface area contributed by atoms with Crippen LogP contribution >= 0.6 is 0 Å². The number of oxazole rings is 1. The van der Waals surface area contributed by atoms with Crippen LogP contribution in [0.15, 0.2) is 229 Å². The van der Waals surface area contributed by atoms with Gasteiger partial charge in [-0.1, -0.05) is 158 Å². The van der Waals surface area contributed by atoms with Gasteiger partial charge in [0.15, 0.2) is 5.58 Å². The maximum absolute atomic E-state index is 6.47. The second-order valence-corrected chi connectivity index (χ2v) is 15.5. The van der Waals surface area contributed by atoms with E-state index in [0.717, 1.165) is 56.1 Å². The van der Waals surface area contributed by atoms with Crippen LogP contribution in [0, 0.1) is 0 Å². The molecule has 0 saturated heterocycles. The van der Waals surface area contributed by atoms with Crippen LogP contribution in [0.5, 0.6) is 0 Å². The molecule has 0 saturated carbocycles. The van der Waals surface area contributed by atoms with E-state index in [1.807, 2.05) is 36.4 Å². The highest BCUT2D eigenvalue weighted by molar-refractivity contribution is 6.24. The Labute approximate surface area is 352 Å². The standard InChI is InChI=1S/C57H37N3O/c1-3-16-41(17-4-1)57-58-51-27-14-26-47(56(51)61-57)40-31-35-44(36-32-40)59(43-33-29-39(30-34-43)46-25-13-18-38-15-7-8-21-45(38)46)53-37-54-55(49-23-10-9-22-48(49)53)50-24-11-12-28-52(50)60(54)42-19-5-2-6-20-42/h1-37H. The minimum atomic E-state index is 0.618. The minimum absolute atomic E-state index is 0.618. The van der Waals surface area contributed by atoms with E-state index in [1.54, 1.807) is 0 Å². The highest BCUT2D eigenvalue weighted by atomic mass is 16.3. The molecule has 0 spiro atoms. The summed E-state index contributed by atoms with van der Waals surface area (Å²) >= 11 is 0. The van der Waals surface area contributed by atoms with E-state index in [1.165, 1.54) is 49.0 Å². The van der Waals surface area contributed by atoms with E-state index >= 15 is 0 Å². The molecule has 0 fully saturated rings. The molecule has 0 unspecified atom stereocenters. The van der Waals surface area contributed by atoms with Crippen LogP contribution in [0.3, 0.4) is 0 Å². The Bertz CT molecular complexity index is 3560. The molecule has 2 aromatic heterocycles. The van der Waals surface area contributed by atoms with Crippen molar-refractivity contribution in [2.24, 2.45) is 0 Å². The molecule has 0 aliphatic rings. The molecule has 4 heteroatoms. The van der Waals surface area contributed by atoms with Gasteiger partial charge in [-0.15, -0.1) is 0 Å². The minimum Gasteiger partial charge on any atom is -0.435 e. The van der Waals surface area contributed by atoms with Gasteiger partial charge >= 0.3 is 0 Å². The molecule has 0 amide bonds. The molecule has 286 valence electrons. The Hall–Kier alpha value is -8.21. The third-order valence-electron chi connectivity index (χ3n) is 12.0. The SMILES string of the molecule is c1ccc(-c2nc3cccc(-c4ccc(N(c5ccc(-c6cccc7ccccc67)cc5)c5cc6c(c7ccccc57)c5ccccc5n6-c5ccccc5)cc4)c3o2)cc1. The van der Waals surface area contributed by atoms with Gasteiger partial charge in [-0.2, -0.15) is 0 Å². The zero-order valence-corrected chi connectivity index (χ0v) is 33.1. The van der Waals surface area contributed by atoms with Crippen LogP contribution < -0.4 is 4.90 Å². The molecule has 0 N–H and O–H groups in total. The smallest absolute Gasteiger partial charge is 0.227 e. The normalized spacial score (nSPS) is 11.6. The number of aromatic nitrogens is 2. The lowest BCUT2D eigenvalue weighted by Gasteiger charge is -2.28. The van der Waals surface area contributed by atoms with Crippen molar-refractivity contribution in [3.05, 3.63) is 224 Å². The van der Waals surface area contributed by atoms with Gasteiger partial charge in [0.05, 0.1) is 16.7 Å². The van der Waals surface area contributed by atoms with Gasteiger partial charge in [0.25, 0.3) is 0 Å². The van der Waals surface area contributed by atoms with Crippen LogP contribution in [-0.2, 0) is 0 Å². The number of fused-ring (bicyclic) bond motifs is 7. The van der Waals surface area contributed by atoms with E-state index in [2.05, 4.69) is 198 Å². The fraction of sp³-hybridized carbons (Fsp3) is 0. The summed E-state index contributed by atoms with van der Waals surface area (Å²) in [5.74, 6) is 0.618. The molecular formula is C57H37N3O. The molecule has 0 aliphatic heterocycles. The Kier molecular flexibility index (Phi) is 8.13. The van der Waals surface area contributed by atoms with E-state index in [-0.39, 0.29) is 0 Å². The molecule has 2 heterocycles. The number of para-hydroxylation sites is 3. The maximum atomic E-state index is 6.47. The molecular weight excluding hydrogens is 743 g/mol. The molecule has 0 atom stereocenters. The first-order valence-electron chi connectivity index (χ1n) is 20.7. The molecule has 61 heavy (non-hydrogen) atoms. The van der Waals surface area contributed by atoms with Crippen molar-refractivity contribution in [2.45, 2.75) is 0 Å². The lowest BCUT2D eigenvalue weighted by Crippen LogP contribution is -2.11. The van der Waals surface area contributed by atoms with E-state index in [0.29, 0.717) is 5.89 Å². The Balaban J connectivity index is 1.06. The van der Waals surface area contributed by atoms with Crippen molar-refractivity contribution in [3.63, 3.8) is 0 Å². The van der Waals surface area contributed by atoms with Crippen LogP contribution in [0.2, 0.25) is 0 Å². The number of hydrogen-bond acceptors (Lipinski definition) is 3. The van der Waals surface area contributed by atoms with Crippen LogP contribution in [0.4, 0.5) is 17.1 Å². The largest absolute Gasteiger partial charge is 0.435 e. The van der Waals surface area contributed by atoms with Crippen molar-refractivity contribution in [3.8, 4) is 39.4 Å². The maximum Gasteiger partial charge on any atom is 0.227 e. The zero-order chi connectivity index (χ0) is 40.3. The van der Waals surface area contributed by atoms with Gasteiger partial charge in [0, 0.05) is 44.3 Å². The summed E-state index contributed by atoms with van der Waals surface area (Å²) in [5.41, 5.74) is 13.7. The van der Waals surface area contributed by atoms with Crippen molar-refractivity contribution in [2.75, 3.05) is 4.90 Å². The summed E-state index contributed by atoms with van der Waals surface area (Å²) in [6.07, 6.45) is 0. The predicted molar refractivity (Wildman–Crippen MR) is 254 cm³/mol. The number of benzene rings is 10. The summed E-state index contributed by atoms with van der Waals surface area (Å²) in [4.78, 5) is 7.27. The Morgan fingerprint density at radius 1 is 0.410 bits per heavy atom. The number of anilines is 3. The molecule has 12 rings (SSSR count). The third-order valence-corrected chi connectivity index (χ3v) is 12.0. The fourth-order valence-corrected chi connectivity index (χ4v) is 9.22. The van der Waals surface area contributed by atoms with Crippen molar-refractivity contribution in [1.82, 2.24) is 9.55 Å². The van der Waals surface area contributed by atoms with E-state index in [4.69, 9.17) is 9.40 Å². The molecule has 0 aliphatic carbocycles. The average molecular weight is 780 g/mol. The number of hydrogen-bond donors (Lipinski definition) is 0. The topological polar surface area (TPSA) is 34.2 Å². The third kappa shape index (κ3) is 5.80. The first kappa shape index (κ1) is 34.8. The van der Waals surface area contributed by atoms with Gasteiger partial charge < -0.3 is 13.9 Å². The van der Waals surface area contributed by atoms with Crippen molar-refractivity contribution in [1.29, 1.82) is 0 Å². The monoisotopic (exact) mass is 779 g/mol. The zero-order valence-electron chi connectivity index (χ0n) is 33.1. The lowest BCUT2D eigenvalue weighted by molar-refractivity contribution is 0.621. The van der Waals surface area contributed by atoms with Crippen molar-refractivity contribution >= 4 is 71.5 Å². The van der Waals surface area contributed by atoms with Gasteiger partial charge in [0.2, 0.25) is 5.89 Å². The summed E-state index contributed by atoms with van der Waals surface area (Å²) in [5, 5.41) is 7.34. The Morgan fingerprint density at radius 3 is 1.74 bits per heavy atom. The molecule has 10 aromatic carbocycles. The van der Waals surface area contributed by atoms with E-state index in [9.17, 15) is 0 Å². The highest BCUT2D eigenvalue weighted by Gasteiger charge is 2.22. The van der Waals surface area contributed by atoms with Crippen LogP contribution in [0.25, 0.3) is 93.8 Å². The van der Waals surface area contributed by atoms with Crippen LogP contribution in [-0.4, -0.2) is 9.55 Å². The number of nitrogens with zero attached hydrogens (tertiary/aromatic N) is 3. The second kappa shape index (κ2) is 14.3. The van der Waals surface area contributed by atoms with Gasteiger partial charge in [-0.05, 0) is 99.6 Å². The number of rotatable bonds is 7. The fourth-order valence-electron chi connectivity index (χ4n) is 9.22. The summed E-state index contributed by atoms with van der Waals surface area (Å²) in [6, 6.07) is 80.0. The summed E-state index contributed by atoms with van der Waals surface area (Å²) in [6.45, 7) is 0. The predicted octanol–water partition coefficient (Wildman–Crippen LogP) is 15.7. The summed E-state index contributed by atoms with van der Waals surface area (Å²) in [7, 11) is 0. The molecule has 4 nitrogen and oxygen atoms in total. The first-order chi connectivity index (χ1) is 30.3. The molecule has 0 bridgehead atoms. The first-order valence-corrected chi connectivity index (χ1v) is 20.7. The quantitative estimate of drug-likeness (QED) is 0.162. The van der Waals surface area contributed by atoms with E-state index < -0.39 is 0 Å². The highest BCUT2D eigenvalue weighted by Crippen LogP contribution is 2.46. The van der Waals surface area contributed by atoms with Gasteiger partial charge in [-0.25, -0.2) is 4.98 Å². The summed E-state index contributed by atoms with van der Waals surface area (Å²) < 4.78 is 8.88. The van der Waals surface area contributed by atoms with Crippen molar-refractivity contribution < 1.29 is 4.42 Å². The van der Waals surface area contributed by atoms with Gasteiger partial charge in [-0.3, -0.25) is 0 Å².